The molecule has 2 aromatic rings. The van der Waals surface area contributed by atoms with E-state index < -0.39 is 0 Å². The number of hydrogen-bond donors (Lipinski definition) is 4. The Bertz CT molecular complexity index is 1530. The van der Waals surface area contributed by atoms with Crippen molar-refractivity contribution in [3.8, 4) is 0 Å². The van der Waals surface area contributed by atoms with Crippen molar-refractivity contribution in [2.75, 3.05) is 52.6 Å². The molecule has 4 amide bonds. The van der Waals surface area contributed by atoms with Crippen molar-refractivity contribution in [1.82, 2.24) is 21.3 Å². The van der Waals surface area contributed by atoms with Crippen LogP contribution in [0, 0.1) is 0 Å². The second-order valence-electron chi connectivity index (χ2n) is 20.1. The number of ether oxygens (including phenoxy) is 4. The number of hydrogen-bond acceptors (Lipinski definition) is 8. The SMILES string of the molecule is CCCCOC(=O)NCCCCCCCCNC(=O)OCCCCCCCCCCCCCCCCCCOC(=O)NCCCCCCCCCCCNC(=O)OCCCC(c1ccccc1)c1ccccc1. The summed E-state index contributed by atoms with van der Waals surface area (Å²) in [5.74, 6) is 0.296. The second kappa shape index (κ2) is 49.7. The highest BCUT2D eigenvalue weighted by atomic mass is 16.6. The first-order chi connectivity index (χ1) is 36.0. The van der Waals surface area contributed by atoms with Gasteiger partial charge in [0.25, 0.3) is 0 Å². The Morgan fingerprint density at radius 2 is 0.548 bits per heavy atom. The largest absolute Gasteiger partial charge is 0.450 e. The van der Waals surface area contributed by atoms with Crippen molar-refractivity contribution >= 4 is 24.4 Å². The van der Waals surface area contributed by atoms with Gasteiger partial charge in [-0.15, -0.1) is 0 Å². The minimum atomic E-state index is -0.315. The Labute approximate surface area is 444 Å². The van der Waals surface area contributed by atoms with Crippen LogP contribution in [-0.2, 0) is 18.9 Å². The average molecular weight is 1020 g/mol. The molecule has 0 unspecified atom stereocenters. The maximum absolute atomic E-state index is 12.2. The van der Waals surface area contributed by atoms with Crippen molar-refractivity contribution in [3.63, 3.8) is 0 Å². The molecule has 0 heterocycles. The molecule has 0 aliphatic carbocycles. The Morgan fingerprint density at radius 1 is 0.315 bits per heavy atom. The highest BCUT2D eigenvalue weighted by Gasteiger charge is 2.14. The normalized spacial score (nSPS) is 11.0. The summed E-state index contributed by atoms with van der Waals surface area (Å²) < 4.78 is 21.3. The summed E-state index contributed by atoms with van der Waals surface area (Å²) >= 11 is 0. The van der Waals surface area contributed by atoms with Crippen molar-refractivity contribution in [1.29, 1.82) is 0 Å². The molecule has 2 rings (SSSR count). The molecule has 416 valence electrons. The summed E-state index contributed by atoms with van der Waals surface area (Å²) in [5, 5.41) is 11.5. The molecule has 12 heteroatoms. The van der Waals surface area contributed by atoms with E-state index in [4.69, 9.17) is 18.9 Å². The van der Waals surface area contributed by atoms with E-state index in [0.29, 0.717) is 58.5 Å². The highest BCUT2D eigenvalue weighted by molar-refractivity contribution is 5.68. The Balaban J connectivity index is 1.20. The molecule has 0 fully saturated rings. The topological polar surface area (TPSA) is 153 Å². The van der Waals surface area contributed by atoms with Crippen molar-refractivity contribution in [2.45, 2.75) is 238 Å². The van der Waals surface area contributed by atoms with Gasteiger partial charge in [-0.1, -0.05) is 235 Å². The van der Waals surface area contributed by atoms with E-state index in [0.717, 1.165) is 116 Å². The van der Waals surface area contributed by atoms with Crippen LogP contribution in [-0.4, -0.2) is 77.0 Å². The molecule has 0 saturated carbocycles. The smallest absolute Gasteiger partial charge is 0.407 e. The van der Waals surface area contributed by atoms with Gasteiger partial charge in [0.05, 0.1) is 26.4 Å². The predicted octanol–water partition coefficient (Wildman–Crippen LogP) is 16.4. The monoisotopic (exact) mass is 1020 g/mol. The van der Waals surface area contributed by atoms with Crippen LogP contribution in [0.15, 0.2) is 60.7 Å². The van der Waals surface area contributed by atoms with Crippen molar-refractivity contribution < 1.29 is 38.1 Å². The molecule has 0 aliphatic heterocycles. The fourth-order valence-corrected chi connectivity index (χ4v) is 9.08. The second-order valence-corrected chi connectivity index (χ2v) is 20.1. The number of amides is 4. The molecular weight excluding hydrogens is 917 g/mol. The fourth-order valence-electron chi connectivity index (χ4n) is 9.08. The molecule has 0 spiro atoms. The zero-order chi connectivity index (χ0) is 52.2. The van der Waals surface area contributed by atoms with Crippen LogP contribution >= 0.6 is 0 Å². The zero-order valence-electron chi connectivity index (χ0n) is 46.0. The van der Waals surface area contributed by atoms with Crippen molar-refractivity contribution in [3.05, 3.63) is 71.8 Å². The maximum Gasteiger partial charge on any atom is 0.407 e. The lowest BCUT2D eigenvalue weighted by molar-refractivity contribution is 0.142. The minimum Gasteiger partial charge on any atom is -0.450 e. The van der Waals surface area contributed by atoms with Crippen LogP contribution in [0.3, 0.4) is 0 Å². The average Bonchev–Trinajstić information content (AvgIpc) is 3.40. The predicted molar refractivity (Wildman–Crippen MR) is 299 cm³/mol. The van der Waals surface area contributed by atoms with Gasteiger partial charge in [-0.25, -0.2) is 19.2 Å². The number of unbranched alkanes of at least 4 members (excludes halogenated alkanes) is 29. The number of nitrogens with one attached hydrogen (secondary N) is 4. The van der Waals surface area contributed by atoms with Gasteiger partial charge in [0, 0.05) is 32.1 Å². The van der Waals surface area contributed by atoms with Crippen LogP contribution in [0.25, 0.3) is 0 Å². The molecule has 0 aliphatic rings. The first kappa shape index (κ1) is 64.6. The zero-order valence-corrected chi connectivity index (χ0v) is 46.0. The molecule has 0 atom stereocenters. The summed E-state index contributed by atoms with van der Waals surface area (Å²) in [6.45, 7) is 6.67. The molecular formula is C61H104N4O8. The third-order valence-corrected chi connectivity index (χ3v) is 13.5. The molecule has 0 saturated heterocycles. The molecule has 73 heavy (non-hydrogen) atoms. The first-order valence-electron chi connectivity index (χ1n) is 29.7. The van der Waals surface area contributed by atoms with Gasteiger partial charge in [-0.2, -0.15) is 0 Å². The van der Waals surface area contributed by atoms with Crippen LogP contribution in [0.2, 0.25) is 0 Å². The van der Waals surface area contributed by atoms with Crippen LogP contribution in [0.4, 0.5) is 19.2 Å². The Hall–Kier alpha value is -4.48. The Morgan fingerprint density at radius 3 is 0.822 bits per heavy atom. The summed E-state index contributed by atoms with van der Waals surface area (Å²) in [5.41, 5.74) is 2.58. The van der Waals surface area contributed by atoms with E-state index >= 15 is 0 Å². The van der Waals surface area contributed by atoms with Crippen LogP contribution < -0.4 is 21.3 Å². The molecule has 0 aromatic heterocycles. The molecule has 12 nitrogen and oxygen atoms in total. The maximum atomic E-state index is 12.2. The number of benzene rings is 2. The minimum absolute atomic E-state index is 0.279. The van der Waals surface area contributed by atoms with E-state index in [2.05, 4.69) is 76.7 Å². The standard InChI is InChI=1S/C61H104N4O8/c1-2-3-51-70-58(66)62-47-37-25-19-20-26-38-49-64-60(68)72-53-40-28-22-16-11-9-7-5-4-6-8-10-15-21-27-39-52-71-59(67)63-48-35-23-17-13-12-14-18-24-36-50-65-61(69)73-54-41-46-57(55-42-31-29-32-43-55)56-44-33-30-34-45-56/h29-34,42-45,57H,2-28,35-41,46-54H2,1H3,(H,62,66)(H,63,67)(H,64,68)(H,65,69). The van der Waals surface area contributed by atoms with Gasteiger partial charge < -0.3 is 40.2 Å². The Kier molecular flexibility index (Phi) is 44.0. The number of carbonyl (C=O) groups excluding carboxylic acids is 4. The lowest BCUT2D eigenvalue weighted by Crippen LogP contribution is -2.25. The number of rotatable bonds is 49. The molecule has 0 bridgehead atoms. The quantitative estimate of drug-likeness (QED) is 0.0377. The van der Waals surface area contributed by atoms with E-state index in [1.807, 2.05) is 12.1 Å². The fraction of sp³-hybridized carbons (Fsp3) is 0.738. The molecule has 4 N–H and O–H groups in total. The van der Waals surface area contributed by atoms with E-state index in [-0.39, 0.29) is 24.4 Å². The summed E-state index contributed by atoms with van der Waals surface area (Å²) in [7, 11) is 0. The summed E-state index contributed by atoms with van der Waals surface area (Å²) in [4.78, 5) is 47.6. The summed E-state index contributed by atoms with van der Waals surface area (Å²) in [6.07, 6.45) is 38.8. The van der Waals surface area contributed by atoms with E-state index in [1.165, 1.54) is 120 Å². The van der Waals surface area contributed by atoms with Crippen LogP contribution in [0.5, 0.6) is 0 Å². The summed E-state index contributed by atoms with van der Waals surface area (Å²) in [6, 6.07) is 21.1. The van der Waals surface area contributed by atoms with Crippen molar-refractivity contribution in [2.24, 2.45) is 0 Å². The van der Waals surface area contributed by atoms with Gasteiger partial charge in [-0.05, 0) is 68.9 Å². The first-order valence-corrected chi connectivity index (χ1v) is 29.7. The van der Waals surface area contributed by atoms with E-state index in [9.17, 15) is 19.2 Å². The van der Waals surface area contributed by atoms with Gasteiger partial charge in [0.2, 0.25) is 0 Å². The van der Waals surface area contributed by atoms with Gasteiger partial charge in [-0.3, -0.25) is 0 Å². The van der Waals surface area contributed by atoms with Gasteiger partial charge >= 0.3 is 24.4 Å². The number of carbonyl (C=O) groups is 4. The van der Waals surface area contributed by atoms with Crippen LogP contribution in [0.1, 0.15) is 249 Å². The third-order valence-electron chi connectivity index (χ3n) is 13.5. The van der Waals surface area contributed by atoms with E-state index in [1.54, 1.807) is 0 Å². The lowest BCUT2D eigenvalue weighted by Gasteiger charge is -2.18. The molecule has 0 radical (unpaired) electrons. The van der Waals surface area contributed by atoms with Gasteiger partial charge in [0.1, 0.15) is 0 Å². The third kappa shape index (κ3) is 41.6. The highest BCUT2D eigenvalue weighted by Crippen LogP contribution is 2.29. The lowest BCUT2D eigenvalue weighted by atomic mass is 9.88. The number of alkyl carbamates (subject to hydrolysis) is 4. The van der Waals surface area contributed by atoms with Gasteiger partial charge in [0.15, 0.2) is 0 Å². The molecule has 2 aromatic carbocycles.